The highest BCUT2D eigenvalue weighted by Crippen LogP contribution is 2.52. The second-order valence-corrected chi connectivity index (χ2v) is 12.6. The first-order valence-corrected chi connectivity index (χ1v) is 14.6. The Labute approximate surface area is 248 Å². The van der Waals surface area contributed by atoms with Gasteiger partial charge in [-0.3, -0.25) is 28.9 Å². The maximum Gasteiger partial charge on any atom is 0.235 e. The van der Waals surface area contributed by atoms with Crippen molar-refractivity contribution < 1.29 is 38.9 Å². The van der Waals surface area contributed by atoms with Gasteiger partial charge in [0.2, 0.25) is 5.91 Å². The number of carbonyl (C=O) groups is 5. The van der Waals surface area contributed by atoms with Crippen LogP contribution in [0.4, 0.5) is 5.69 Å². The number of benzene rings is 1. The van der Waals surface area contributed by atoms with Crippen molar-refractivity contribution in [3.8, 4) is 5.75 Å². The average molecular weight is 593 g/mol. The van der Waals surface area contributed by atoms with Crippen molar-refractivity contribution in [1.82, 2.24) is 9.80 Å². The number of phenols is 1. The molecular formula is C31H36N4O8. The number of Topliss-reactive ketones (excluding diaryl/α,β-unsaturated/α-hetero) is 4. The Morgan fingerprint density at radius 3 is 2.56 bits per heavy atom. The number of ketones is 4. The Kier molecular flexibility index (Phi) is 6.96. The summed E-state index contributed by atoms with van der Waals surface area (Å²) in [4.78, 5) is 71.0. The third-order valence-electron chi connectivity index (χ3n) is 9.83. The van der Waals surface area contributed by atoms with E-state index in [-0.39, 0.29) is 30.2 Å². The highest BCUT2D eigenvalue weighted by atomic mass is 16.5. The number of ether oxygens (including phenoxy) is 1. The summed E-state index contributed by atoms with van der Waals surface area (Å²) in [5, 5.41) is 26.7. The van der Waals surface area contributed by atoms with E-state index in [0.717, 1.165) is 24.1 Å². The van der Waals surface area contributed by atoms with Gasteiger partial charge in [0.15, 0.2) is 34.7 Å². The highest BCUT2D eigenvalue weighted by molar-refractivity contribution is 6.32. The van der Waals surface area contributed by atoms with Crippen molar-refractivity contribution in [3.05, 3.63) is 41.3 Å². The van der Waals surface area contributed by atoms with E-state index in [4.69, 9.17) is 10.5 Å². The van der Waals surface area contributed by atoms with Crippen molar-refractivity contribution in [2.45, 2.75) is 43.4 Å². The number of amides is 1. The minimum atomic E-state index is -2.76. The first kappa shape index (κ1) is 29.1. The van der Waals surface area contributed by atoms with Crippen LogP contribution in [0.5, 0.6) is 5.75 Å². The summed E-state index contributed by atoms with van der Waals surface area (Å²) in [6.07, 6.45) is 7.08. The third kappa shape index (κ3) is 4.29. The summed E-state index contributed by atoms with van der Waals surface area (Å²) >= 11 is 0. The van der Waals surface area contributed by atoms with Crippen LogP contribution in [0, 0.1) is 23.7 Å². The van der Waals surface area contributed by atoms with E-state index in [1.807, 2.05) is 30.3 Å². The van der Waals surface area contributed by atoms with E-state index >= 15 is 0 Å². The largest absolute Gasteiger partial charge is 0.505 e. The number of fused-ring (bicyclic) bond motifs is 3. The Morgan fingerprint density at radius 1 is 1.21 bits per heavy atom. The standard InChI is InChI=1S/C31H36N4O8/c1-34(2)24-19-11-15-10-18-17(14-6-9-43-13-14)12-20(33-16-4-7-35(3)8-5-16)25(36)22(18)26(37)21(15)28(39)31(19,42)29(40)23(27(24)38)30(32)41/h4,7,12-13,15-16,19,21,23-24,33,36,42H,5-6,8-11H2,1-3H3,(H2,32,41)/t15-,16?,19-,21?,23?,24-,31-/m0/s1. The van der Waals surface area contributed by atoms with Crippen LogP contribution < -0.4 is 11.1 Å². The van der Waals surface area contributed by atoms with Gasteiger partial charge in [-0.1, -0.05) is 0 Å². The first-order valence-electron chi connectivity index (χ1n) is 14.6. The molecule has 3 aliphatic carbocycles. The van der Waals surface area contributed by atoms with Gasteiger partial charge in [-0.05, 0) is 74.3 Å². The number of nitrogens with zero attached hydrogens (tertiary/aromatic N) is 2. The quantitative estimate of drug-likeness (QED) is 0.272. The van der Waals surface area contributed by atoms with Gasteiger partial charge in [0.1, 0.15) is 5.75 Å². The zero-order valence-electron chi connectivity index (χ0n) is 24.3. The maximum absolute atomic E-state index is 14.3. The van der Waals surface area contributed by atoms with Gasteiger partial charge < -0.3 is 30.9 Å². The molecule has 5 aliphatic rings. The summed E-state index contributed by atoms with van der Waals surface area (Å²) < 4.78 is 5.51. The van der Waals surface area contributed by atoms with Crippen molar-refractivity contribution in [1.29, 1.82) is 0 Å². The lowest BCUT2D eigenvalue weighted by molar-refractivity contribution is -0.181. The van der Waals surface area contributed by atoms with Crippen LogP contribution >= 0.6 is 0 Å². The lowest BCUT2D eigenvalue weighted by Crippen LogP contribution is -2.74. The van der Waals surface area contributed by atoms with E-state index in [2.05, 4.69) is 5.32 Å². The molecule has 0 saturated heterocycles. The summed E-state index contributed by atoms with van der Waals surface area (Å²) in [5.41, 5.74) is 5.08. The molecule has 2 aliphatic heterocycles. The van der Waals surface area contributed by atoms with Gasteiger partial charge in [-0.15, -0.1) is 0 Å². The molecular weight excluding hydrogens is 556 g/mol. The first-order chi connectivity index (χ1) is 20.4. The predicted octanol–water partition coefficient (Wildman–Crippen LogP) is 0.258. The molecule has 3 unspecified atom stereocenters. The number of nitrogens with two attached hydrogens (primary N) is 1. The van der Waals surface area contributed by atoms with Crippen LogP contribution in [-0.2, 0) is 30.3 Å². The Balaban J connectivity index is 1.47. The van der Waals surface area contributed by atoms with Gasteiger partial charge in [-0.2, -0.15) is 0 Å². The molecule has 2 saturated carbocycles. The van der Waals surface area contributed by atoms with E-state index in [1.54, 1.807) is 20.4 Å². The molecule has 0 radical (unpaired) electrons. The minimum absolute atomic E-state index is 0.0000325. The number of primary amides is 1. The molecule has 2 heterocycles. The fourth-order valence-electron chi connectivity index (χ4n) is 7.74. The number of phenolic OH excluding ortho intramolecular Hbond substituents is 1. The number of hydrogen-bond acceptors (Lipinski definition) is 11. The molecule has 0 spiro atoms. The Morgan fingerprint density at radius 2 is 1.95 bits per heavy atom. The van der Waals surface area contributed by atoms with Gasteiger partial charge in [0, 0.05) is 32.0 Å². The Bertz CT molecular complexity index is 1520. The number of carbonyl (C=O) groups excluding carboxylic acids is 5. The fraction of sp³-hybridized carbons (Fsp3) is 0.516. The van der Waals surface area contributed by atoms with Crippen molar-refractivity contribution >= 4 is 40.3 Å². The molecule has 0 bridgehead atoms. The van der Waals surface area contributed by atoms with E-state index in [1.165, 1.54) is 4.90 Å². The molecule has 1 aromatic carbocycles. The second kappa shape index (κ2) is 10.3. The molecule has 228 valence electrons. The van der Waals surface area contributed by atoms with Gasteiger partial charge in [-0.25, -0.2) is 0 Å². The molecule has 7 atom stereocenters. The van der Waals surface area contributed by atoms with Crippen molar-refractivity contribution in [2.24, 2.45) is 29.4 Å². The smallest absolute Gasteiger partial charge is 0.235 e. The van der Waals surface area contributed by atoms with Crippen LogP contribution in [0.15, 0.2) is 24.6 Å². The molecule has 1 amide bonds. The number of aromatic hydroxyl groups is 1. The number of hydrogen-bond donors (Lipinski definition) is 4. The zero-order valence-corrected chi connectivity index (χ0v) is 24.3. The van der Waals surface area contributed by atoms with E-state index in [0.29, 0.717) is 24.3 Å². The summed E-state index contributed by atoms with van der Waals surface area (Å²) in [6.45, 7) is 1.26. The van der Waals surface area contributed by atoms with Gasteiger partial charge >= 0.3 is 0 Å². The second-order valence-electron chi connectivity index (χ2n) is 12.6. The molecule has 1 aromatic rings. The Hall–Kier alpha value is -4.03. The van der Waals surface area contributed by atoms with Gasteiger partial charge in [0.05, 0.1) is 36.1 Å². The fourth-order valence-corrected chi connectivity index (χ4v) is 7.74. The minimum Gasteiger partial charge on any atom is -0.505 e. The predicted molar refractivity (Wildman–Crippen MR) is 154 cm³/mol. The SMILES string of the molecule is CN1C=CC(Nc2cc(C3=COCC3)c3c(c2O)C(=O)C2C(=O)[C@]4(O)C(=O)C(C(N)=O)C(=O)[C@@H](N(C)C)[C@@H]4C[C@@H]2C3)CC1. The summed E-state index contributed by atoms with van der Waals surface area (Å²) in [5.74, 6) is -10.6. The van der Waals surface area contributed by atoms with Crippen LogP contribution in [0.3, 0.4) is 0 Å². The molecule has 12 heteroatoms. The van der Waals surface area contributed by atoms with E-state index in [9.17, 15) is 34.2 Å². The van der Waals surface area contributed by atoms with Crippen LogP contribution in [0.25, 0.3) is 5.57 Å². The van der Waals surface area contributed by atoms with Crippen LogP contribution in [0.2, 0.25) is 0 Å². The number of likely N-dealkylation sites (N-methyl/N-ethyl adjacent to an activating group) is 1. The number of rotatable bonds is 5. The number of nitrogens with one attached hydrogen (secondary N) is 1. The van der Waals surface area contributed by atoms with Crippen molar-refractivity contribution in [3.63, 3.8) is 0 Å². The maximum atomic E-state index is 14.3. The molecule has 6 rings (SSSR count). The molecule has 43 heavy (non-hydrogen) atoms. The zero-order chi connectivity index (χ0) is 31.0. The molecule has 0 aromatic heterocycles. The molecule has 5 N–H and O–H groups in total. The van der Waals surface area contributed by atoms with E-state index < -0.39 is 64.4 Å². The summed E-state index contributed by atoms with van der Waals surface area (Å²) in [6, 6.07) is 0.551. The van der Waals surface area contributed by atoms with Crippen LogP contribution in [-0.4, -0.2) is 101 Å². The average Bonchev–Trinajstić information content (AvgIpc) is 3.48. The lowest BCUT2D eigenvalue weighted by Gasteiger charge is -2.52. The van der Waals surface area contributed by atoms with Crippen molar-refractivity contribution in [2.75, 3.05) is 39.6 Å². The highest BCUT2D eigenvalue weighted by Gasteiger charge is 2.69. The molecule has 12 nitrogen and oxygen atoms in total. The number of aliphatic hydroxyl groups is 1. The normalized spacial score (nSPS) is 33.5. The number of anilines is 1. The lowest BCUT2D eigenvalue weighted by atomic mass is 9.52. The topological polar surface area (TPSA) is 180 Å². The van der Waals surface area contributed by atoms with Crippen LogP contribution in [0.1, 0.15) is 40.7 Å². The monoisotopic (exact) mass is 592 g/mol. The third-order valence-corrected chi connectivity index (χ3v) is 9.83. The molecule has 2 fully saturated rings. The van der Waals surface area contributed by atoms with Gasteiger partial charge in [0.25, 0.3) is 0 Å². The summed E-state index contributed by atoms with van der Waals surface area (Å²) in [7, 11) is 5.08.